The Morgan fingerprint density at radius 2 is 2.13 bits per heavy atom. The van der Waals surface area contributed by atoms with E-state index >= 15 is 0 Å². The van der Waals surface area contributed by atoms with Crippen molar-refractivity contribution in [3.05, 3.63) is 0 Å². The molecule has 3 amide bonds. The number of urea groups is 1. The van der Waals surface area contributed by atoms with Crippen LogP contribution in [0.15, 0.2) is 0 Å². The highest BCUT2D eigenvalue weighted by Gasteiger charge is 2.37. The van der Waals surface area contributed by atoms with Gasteiger partial charge < -0.3 is 4.90 Å². The Morgan fingerprint density at radius 1 is 1.40 bits per heavy atom. The van der Waals surface area contributed by atoms with Crippen molar-refractivity contribution in [2.45, 2.75) is 45.6 Å². The van der Waals surface area contributed by atoms with E-state index in [0.717, 1.165) is 19.3 Å². The summed E-state index contributed by atoms with van der Waals surface area (Å²) in [5.74, 6) is -0.164. The van der Waals surface area contributed by atoms with Crippen LogP contribution < -0.4 is 5.32 Å². The van der Waals surface area contributed by atoms with Crippen LogP contribution in [0, 0.1) is 5.41 Å². The van der Waals surface area contributed by atoms with Crippen molar-refractivity contribution in [1.82, 2.24) is 10.2 Å². The summed E-state index contributed by atoms with van der Waals surface area (Å²) in [6.45, 7) is 4.71. The summed E-state index contributed by atoms with van der Waals surface area (Å²) in [5.41, 5.74) is 0.300. The lowest BCUT2D eigenvalue weighted by molar-refractivity contribution is -0.118. The van der Waals surface area contributed by atoms with Gasteiger partial charge in [0.15, 0.2) is 0 Å². The van der Waals surface area contributed by atoms with E-state index in [0.29, 0.717) is 5.41 Å². The van der Waals surface area contributed by atoms with Crippen LogP contribution in [-0.2, 0) is 4.79 Å². The Hall–Kier alpha value is -1.06. The second-order valence-corrected chi connectivity index (χ2v) is 5.40. The third kappa shape index (κ3) is 2.13. The van der Waals surface area contributed by atoms with Crippen LogP contribution in [0.1, 0.15) is 39.5 Å². The van der Waals surface area contributed by atoms with Crippen LogP contribution in [-0.4, -0.2) is 29.4 Å². The summed E-state index contributed by atoms with van der Waals surface area (Å²) in [4.78, 5) is 24.3. The predicted molar refractivity (Wildman–Crippen MR) is 56.3 cm³/mol. The number of amides is 3. The van der Waals surface area contributed by atoms with Gasteiger partial charge in [-0.15, -0.1) is 0 Å². The van der Waals surface area contributed by atoms with Gasteiger partial charge in [0, 0.05) is 6.04 Å². The molecule has 1 saturated heterocycles. The molecule has 84 valence electrons. The maximum atomic E-state index is 11.5. The molecule has 4 heteroatoms. The third-order valence-corrected chi connectivity index (χ3v) is 3.44. The fourth-order valence-corrected chi connectivity index (χ4v) is 2.68. The Morgan fingerprint density at radius 3 is 2.67 bits per heavy atom. The molecule has 15 heavy (non-hydrogen) atoms. The highest BCUT2D eigenvalue weighted by Crippen LogP contribution is 2.37. The first-order valence-corrected chi connectivity index (χ1v) is 5.58. The summed E-state index contributed by atoms with van der Waals surface area (Å²) in [6, 6.07) is 0.0444. The first kappa shape index (κ1) is 10.5. The van der Waals surface area contributed by atoms with Crippen LogP contribution in [0.4, 0.5) is 4.79 Å². The largest absolute Gasteiger partial charge is 0.324 e. The van der Waals surface area contributed by atoms with Crippen LogP contribution in [0.5, 0.6) is 0 Å². The molecule has 0 radical (unpaired) electrons. The van der Waals surface area contributed by atoms with Gasteiger partial charge in [-0.05, 0) is 24.7 Å². The van der Waals surface area contributed by atoms with Gasteiger partial charge in [0.1, 0.15) is 6.54 Å². The van der Waals surface area contributed by atoms with E-state index in [9.17, 15) is 9.59 Å². The second kappa shape index (κ2) is 3.51. The van der Waals surface area contributed by atoms with E-state index in [-0.39, 0.29) is 24.5 Å². The maximum Gasteiger partial charge on any atom is 0.324 e. The molecule has 0 aromatic heterocycles. The van der Waals surface area contributed by atoms with Gasteiger partial charge in [0.05, 0.1) is 0 Å². The Balaban J connectivity index is 2.04. The van der Waals surface area contributed by atoms with E-state index in [1.165, 1.54) is 6.42 Å². The Bertz CT molecular complexity index is 299. The molecule has 1 N–H and O–H groups in total. The van der Waals surface area contributed by atoms with Gasteiger partial charge in [-0.2, -0.15) is 0 Å². The molecule has 1 atom stereocenters. The zero-order chi connectivity index (χ0) is 11.1. The van der Waals surface area contributed by atoms with Crippen molar-refractivity contribution >= 4 is 11.9 Å². The number of rotatable bonds is 1. The van der Waals surface area contributed by atoms with Gasteiger partial charge in [-0.25, -0.2) is 4.79 Å². The predicted octanol–water partition coefficient (Wildman–Crippen LogP) is 1.51. The number of carbonyl (C=O) groups excluding carboxylic acids is 2. The first-order chi connectivity index (χ1) is 6.98. The Kier molecular flexibility index (Phi) is 2.44. The molecule has 1 aliphatic heterocycles. The molecule has 0 aromatic rings. The zero-order valence-corrected chi connectivity index (χ0v) is 9.38. The van der Waals surface area contributed by atoms with Gasteiger partial charge in [0.2, 0.25) is 5.91 Å². The van der Waals surface area contributed by atoms with Gasteiger partial charge in [-0.3, -0.25) is 10.1 Å². The summed E-state index contributed by atoms with van der Waals surface area (Å²) in [5, 5.41) is 2.34. The quantitative estimate of drug-likeness (QED) is 0.667. The summed E-state index contributed by atoms with van der Waals surface area (Å²) >= 11 is 0. The van der Waals surface area contributed by atoms with Crippen molar-refractivity contribution in [3.8, 4) is 0 Å². The minimum atomic E-state index is -0.206. The van der Waals surface area contributed by atoms with Gasteiger partial charge >= 0.3 is 6.03 Å². The number of imide groups is 1. The number of carbonyl (C=O) groups is 2. The number of nitrogens with one attached hydrogen (secondary N) is 1. The van der Waals surface area contributed by atoms with E-state index in [4.69, 9.17) is 0 Å². The van der Waals surface area contributed by atoms with Crippen molar-refractivity contribution in [1.29, 1.82) is 0 Å². The standard InChI is InChI=1S/C11H18N2O2/c1-11(2)5-3-4-8(6-11)13-7-9(14)12-10(13)15/h8H,3-7H2,1-2H3,(H,12,14,15). The average molecular weight is 210 g/mol. The highest BCUT2D eigenvalue weighted by atomic mass is 16.2. The lowest BCUT2D eigenvalue weighted by Crippen LogP contribution is -2.42. The minimum Gasteiger partial charge on any atom is -0.312 e. The summed E-state index contributed by atoms with van der Waals surface area (Å²) in [7, 11) is 0. The molecule has 1 aliphatic carbocycles. The highest BCUT2D eigenvalue weighted by molar-refractivity contribution is 6.02. The number of nitrogens with zero attached hydrogens (tertiary/aromatic N) is 1. The van der Waals surface area contributed by atoms with Crippen molar-refractivity contribution in [2.75, 3.05) is 6.54 Å². The van der Waals surface area contributed by atoms with Crippen LogP contribution >= 0.6 is 0 Å². The smallest absolute Gasteiger partial charge is 0.312 e. The minimum absolute atomic E-state index is 0.164. The summed E-state index contributed by atoms with van der Waals surface area (Å²) in [6.07, 6.45) is 4.40. The van der Waals surface area contributed by atoms with Crippen molar-refractivity contribution in [3.63, 3.8) is 0 Å². The van der Waals surface area contributed by atoms with Crippen molar-refractivity contribution in [2.24, 2.45) is 5.41 Å². The monoisotopic (exact) mass is 210 g/mol. The van der Waals surface area contributed by atoms with E-state index in [1.54, 1.807) is 4.90 Å². The van der Waals surface area contributed by atoms with E-state index in [1.807, 2.05) is 0 Å². The molecule has 0 aromatic carbocycles. The molecule has 0 spiro atoms. The lowest BCUT2D eigenvalue weighted by atomic mass is 9.75. The molecular weight excluding hydrogens is 192 g/mol. The fraction of sp³-hybridized carbons (Fsp3) is 0.818. The average Bonchev–Trinajstić information content (AvgIpc) is 2.43. The number of hydrogen-bond acceptors (Lipinski definition) is 2. The molecule has 2 fully saturated rings. The fourth-order valence-electron chi connectivity index (χ4n) is 2.68. The lowest BCUT2D eigenvalue weighted by Gasteiger charge is -2.38. The molecule has 2 rings (SSSR count). The zero-order valence-electron chi connectivity index (χ0n) is 9.38. The van der Waals surface area contributed by atoms with Gasteiger partial charge in [-0.1, -0.05) is 20.3 Å². The first-order valence-electron chi connectivity index (χ1n) is 5.58. The molecule has 0 bridgehead atoms. The molecule has 2 aliphatic rings. The van der Waals surface area contributed by atoms with Gasteiger partial charge in [0.25, 0.3) is 0 Å². The van der Waals surface area contributed by atoms with E-state index in [2.05, 4.69) is 19.2 Å². The Labute approximate surface area is 90.0 Å². The maximum absolute atomic E-state index is 11.5. The van der Waals surface area contributed by atoms with Crippen LogP contribution in [0.25, 0.3) is 0 Å². The molecule has 1 heterocycles. The third-order valence-electron chi connectivity index (χ3n) is 3.44. The molecule has 1 saturated carbocycles. The molecule has 4 nitrogen and oxygen atoms in total. The topological polar surface area (TPSA) is 49.4 Å². The normalized spacial score (nSPS) is 30.5. The van der Waals surface area contributed by atoms with E-state index < -0.39 is 0 Å². The molecular formula is C11H18N2O2. The number of hydrogen-bond donors (Lipinski definition) is 1. The molecule has 1 unspecified atom stereocenters. The SMILES string of the molecule is CC1(C)CCCC(N2CC(=O)NC2=O)C1. The van der Waals surface area contributed by atoms with Crippen LogP contribution in [0.2, 0.25) is 0 Å². The summed E-state index contributed by atoms with van der Waals surface area (Å²) < 4.78 is 0. The second-order valence-electron chi connectivity index (χ2n) is 5.40. The van der Waals surface area contributed by atoms with Crippen molar-refractivity contribution < 1.29 is 9.59 Å². The van der Waals surface area contributed by atoms with Crippen LogP contribution in [0.3, 0.4) is 0 Å².